The van der Waals surface area contributed by atoms with Gasteiger partial charge in [-0.05, 0) is 25.5 Å². The second-order valence-electron chi connectivity index (χ2n) is 4.11. The lowest BCUT2D eigenvalue weighted by molar-refractivity contribution is 0.0950. The van der Waals surface area contributed by atoms with E-state index in [-0.39, 0.29) is 5.91 Å². The molecule has 4 nitrogen and oxygen atoms in total. The predicted octanol–water partition coefficient (Wildman–Crippen LogP) is 2.45. The van der Waals surface area contributed by atoms with Gasteiger partial charge in [-0.3, -0.25) is 4.79 Å². The molecule has 1 aromatic heterocycles. The van der Waals surface area contributed by atoms with Crippen molar-refractivity contribution in [2.75, 3.05) is 12.3 Å². The number of hydrogen-bond acceptors (Lipinski definition) is 2. The van der Waals surface area contributed by atoms with Crippen molar-refractivity contribution in [2.24, 2.45) is 0 Å². The lowest BCUT2D eigenvalue weighted by Crippen LogP contribution is -2.24. The molecule has 1 amide bonds. The number of nitrogen functional groups attached to an aromatic ring is 1. The number of fused-ring (bicyclic) bond motifs is 1. The number of anilines is 1. The van der Waals surface area contributed by atoms with E-state index in [2.05, 4.69) is 10.3 Å². The van der Waals surface area contributed by atoms with Crippen LogP contribution in [-0.2, 0) is 0 Å². The zero-order valence-electron chi connectivity index (χ0n) is 10.4. The maximum atomic E-state index is 11.9. The van der Waals surface area contributed by atoms with Crippen LogP contribution in [0.25, 0.3) is 10.9 Å². The summed E-state index contributed by atoms with van der Waals surface area (Å²) in [5.41, 5.74) is 7.85. The summed E-state index contributed by atoms with van der Waals surface area (Å²) in [5, 5.41) is 3.80. The van der Waals surface area contributed by atoms with Gasteiger partial charge in [-0.1, -0.05) is 24.3 Å². The maximum absolute atomic E-state index is 11.9. The van der Waals surface area contributed by atoms with E-state index in [0.29, 0.717) is 17.9 Å². The molecule has 0 unspecified atom stereocenters. The molecule has 94 valence electrons. The van der Waals surface area contributed by atoms with Gasteiger partial charge in [0.15, 0.2) is 0 Å². The lowest BCUT2D eigenvalue weighted by Gasteiger charge is -2.00. The summed E-state index contributed by atoms with van der Waals surface area (Å²) in [6, 6.07) is 7.43. The van der Waals surface area contributed by atoms with Crippen molar-refractivity contribution in [3.05, 3.63) is 42.1 Å². The van der Waals surface area contributed by atoms with Crippen molar-refractivity contribution in [2.45, 2.75) is 13.3 Å². The molecule has 0 spiro atoms. The fraction of sp³-hybridized carbons (Fsp3) is 0.214. The molecule has 2 aromatic rings. The Kier molecular flexibility index (Phi) is 3.67. The Labute approximate surface area is 106 Å². The van der Waals surface area contributed by atoms with E-state index in [0.717, 1.165) is 17.3 Å². The zero-order valence-corrected chi connectivity index (χ0v) is 10.4. The van der Waals surface area contributed by atoms with Gasteiger partial charge in [0.05, 0.1) is 11.2 Å². The standard InChI is InChI=1S/C14H17N3O/c1-2-3-4-8-16-14(18)12-9-10-6-5-7-11(15)13(10)17-12/h2-3,5-7,9,17H,4,8,15H2,1H3,(H,16,18)/b3-2+. The van der Waals surface area contributed by atoms with Crippen LogP contribution in [0.2, 0.25) is 0 Å². The Morgan fingerprint density at radius 3 is 3.06 bits per heavy atom. The van der Waals surface area contributed by atoms with Gasteiger partial charge >= 0.3 is 0 Å². The van der Waals surface area contributed by atoms with Crippen LogP contribution in [0.3, 0.4) is 0 Å². The average Bonchev–Trinajstić information content (AvgIpc) is 2.80. The first kappa shape index (κ1) is 12.2. The van der Waals surface area contributed by atoms with E-state index in [4.69, 9.17) is 5.73 Å². The van der Waals surface area contributed by atoms with Gasteiger partial charge in [-0.15, -0.1) is 0 Å². The largest absolute Gasteiger partial charge is 0.397 e. The van der Waals surface area contributed by atoms with Crippen LogP contribution in [-0.4, -0.2) is 17.4 Å². The molecular formula is C14H17N3O. The second-order valence-corrected chi connectivity index (χ2v) is 4.11. The maximum Gasteiger partial charge on any atom is 0.267 e. The molecule has 1 aromatic carbocycles. The third kappa shape index (κ3) is 2.53. The van der Waals surface area contributed by atoms with Crippen LogP contribution < -0.4 is 11.1 Å². The third-order valence-corrected chi connectivity index (χ3v) is 2.77. The number of para-hydroxylation sites is 1. The number of aromatic nitrogens is 1. The van der Waals surface area contributed by atoms with Gasteiger partial charge in [-0.2, -0.15) is 0 Å². The van der Waals surface area contributed by atoms with E-state index in [1.54, 1.807) is 0 Å². The minimum atomic E-state index is -0.102. The van der Waals surface area contributed by atoms with Crippen LogP contribution >= 0.6 is 0 Å². The number of hydrogen-bond donors (Lipinski definition) is 3. The van der Waals surface area contributed by atoms with E-state index in [1.807, 2.05) is 43.3 Å². The van der Waals surface area contributed by atoms with Crippen LogP contribution in [0.5, 0.6) is 0 Å². The van der Waals surface area contributed by atoms with Crippen LogP contribution in [0, 0.1) is 0 Å². The minimum Gasteiger partial charge on any atom is -0.397 e. The summed E-state index contributed by atoms with van der Waals surface area (Å²) in [6.07, 6.45) is 4.82. The number of nitrogens with one attached hydrogen (secondary N) is 2. The van der Waals surface area contributed by atoms with Gasteiger partial charge in [0.25, 0.3) is 5.91 Å². The summed E-state index contributed by atoms with van der Waals surface area (Å²) in [5.74, 6) is -0.102. The SMILES string of the molecule is C/C=C/CCNC(=O)c1cc2cccc(N)c2[nH]1. The van der Waals surface area contributed by atoms with Gasteiger partial charge in [0, 0.05) is 11.9 Å². The Morgan fingerprint density at radius 2 is 2.33 bits per heavy atom. The fourth-order valence-corrected chi connectivity index (χ4v) is 1.83. The number of amides is 1. The molecule has 2 rings (SSSR count). The van der Waals surface area contributed by atoms with Crippen LogP contribution in [0.4, 0.5) is 5.69 Å². The topological polar surface area (TPSA) is 70.9 Å². The molecule has 0 aliphatic carbocycles. The van der Waals surface area contributed by atoms with Gasteiger partial charge < -0.3 is 16.0 Å². The first-order chi connectivity index (χ1) is 8.72. The lowest BCUT2D eigenvalue weighted by atomic mass is 10.2. The molecule has 0 fully saturated rings. The number of rotatable bonds is 4. The molecule has 0 aliphatic rings. The third-order valence-electron chi connectivity index (χ3n) is 2.77. The van der Waals surface area contributed by atoms with Crippen molar-refractivity contribution < 1.29 is 4.79 Å². The molecule has 0 saturated carbocycles. The normalized spacial score (nSPS) is 11.2. The highest BCUT2D eigenvalue weighted by molar-refractivity contribution is 6.00. The van der Waals surface area contributed by atoms with E-state index in [1.165, 1.54) is 0 Å². The minimum absolute atomic E-state index is 0.102. The van der Waals surface area contributed by atoms with Crippen molar-refractivity contribution in [3.8, 4) is 0 Å². The number of carbonyl (C=O) groups is 1. The van der Waals surface area contributed by atoms with Crippen LogP contribution in [0.1, 0.15) is 23.8 Å². The summed E-state index contributed by atoms with van der Waals surface area (Å²) in [4.78, 5) is 14.9. The van der Waals surface area contributed by atoms with Crippen LogP contribution in [0.15, 0.2) is 36.4 Å². The quantitative estimate of drug-likeness (QED) is 0.438. The summed E-state index contributed by atoms with van der Waals surface area (Å²) >= 11 is 0. The highest BCUT2D eigenvalue weighted by Gasteiger charge is 2.09. The van der Waals surface area contributed by atoms with E-state index in [9.17, 15) is 4.79 Å². The Bertz CT molecular complexity index is 584. The number of H-pyrrole nitrogens is 1. The Hall–Kier alpha value is -2.23. The molecule has 4 N–H and O–H groups in total. The van der Waals surface area contributed by atoms with Gasteiger partial charge in [0.2, 0.25) is 0 Å². The first-order valence-electron chi connectivity index (χ1n) is 5.99. The summed E-state index contributed by atoms with van der Waals surface area (Å²) in [6.45, 7) is 2.59. The molecule has 0 aliphatic heterocycles. The molecule has 0 bridgehead atoms. The van der Waals surface area contributed by atoms with E-state index < -0.39 is 0 Å². The van der Waals surface area contributed by atoms with Gasteiger partial charge in [0.1, 0.15) is 5.69 Å². The fourth-order valence-electron chi connectivity index (χ4n) is 1.83. The number of carbonyl (C=O) groups excluding carboxylic acids is 1. The first-order valence-corrected chi connectivity index (χ1v) is 5.99. The van der Waals surface area contributed by atoms with Crippen molar-refractivity contribution in [1.82, 2.24) is 10.3 Å². The van der Waals surface area contributed by atoms with Gasteiger partial charge in [-0.25, -0.2) is 0 Å². The number of aromatic amines is 1. The smallest absolute Gasteiger partial charge is 0.267 e. The van der Waals surface area contributed by atoms with Crippen molar-refractivity contribution in [3.63, 3.8) is 0 Å². The molecular weight excluding hydrogens is 226 g/mol. The molecule has 0 radical (unpaired) electrons. The molecule has 0 atom stereocenters. The predicted molar refractivity (Wildman–Crippen MR) is 74.5 cm³/mol. The average molecular weight is 243 g/mol. The Balaban J connectivity index is 2.11. The van der Waals surface area contributed by atoms with E-state index >= 15 is 0 Å². The zero-order chi connectivity index (χ0) is 13.0. The highest BCUT2D eigenvalue weighted by Crippen LogP contribution is 2.20. The van der Waals surface area contributed by atoms with Crippen molar-refractivity contribution in [1.29, 1.82) is 0 Å². The number of allylic oxidation sites excluding steroid dienone is 1. The monoisotopic (exact) mass is 243 g/mol. The molecule has 4 heteroatoms. The molecule has 0 saturated heterocycles. The van der Waals surface area contributed by atoms with Crippen molar-refractivity contribution >= 4 is 22.5 Å². The summed E-state index contributed by atoms with van der Waals surface area (Å²) < 4.78 is 0. The number of nitrogens with two attached hydrogens (primary N) is 1. The molecule has 18 heavy (non-hydrogen) atoms. The molecule has 1 heterocycles. The highest BCUT2D eigenvalue weighted by atomic mass is 16.1. The number of benzene rings is 1. The second kappa shape index (κ2) is 5.40. The summed E-state index contributed by atoms with van der Waals surface area (Å²) in [7, 11) is 0. The Morgan fingerprint density at radius 1 is 1.50 bits per heavy atom.